The van der Waals surface area contributed by atoms with Gasteiger partial charge in [-0.25, -0.2) is 4.79 Å². The first kappa shape index (κ1) is 19.8. The number of piperidine rings is 1. The number of urea groups is 1. The molecule has 0 aliphatic carbocycles. The number of carbonyl (C=O) groups is 4. The Morgan fingerprint density at radius 3 is 2.57 bits per heavy atom. The van der Waals surface area contributed by atoms with Gasteiger partial charge in [0, 0.05) is 37.4 Å². The highest BCUT2D eigenvalue weighted by Crippen LogP contribution is 2.12. The smallest absolute Gasteiger partial charge is 0.321 e. The summed E-state index contributed by atoms with van der Waals surface area (Å²) >= 11 is 0. The van der Waals surface area contributed by atoms with Gasteiger partial charge in [0.05, 0.1) is 0 Å². The van der Waals surface area contributed by atoms with Crippen LogP contribution in [-0.4, -0.2) is 66.8 Å². The number of anilines is 1. The molecule has 2 aliphatic rings. The summed E-state index contributed by atoms with van der Waals surface area (Å²) in [6.07, 6.45) is 1.44. The predicted octanol–water partition coefficient (Wildman–Crippen LogP) is 0.0897. The van der Waals surface area contributed by atoms with Crippen molar-refractivity contribution in [2.75, 3.05) is 31.5 Å². The number of benzene rings is 1. The van der Waals surface area contributed by atoms with Crippen LogP contribution >= 0.6 is 0 Å². The SMILES string of the molecule is CC(=O)c1ccc(NC(=O)N2CCN[C@@H](C(=O)N[C@H]3CCCNC3=O)C2)cc1. The van der Waals surface area contributed by atoms with Gasteiger partial charge >= 0.3 is 6.03 Å². The van der Waals surface area contributed by atoms with Gasteiger partial charge in [-0.15, -0.1) is 0 Å². The van der Waals surface area contributed by atoms with E-state index < -0.39 is 12.1 Å². The third-order valence-electron chi connectivity index (χ3n) is 4.92. The molecule has 2 saturated heterocycles. The Bertz CT molecular complexity index is 764. The summed E-state index contributed by atoms with van der Waals surface area (Å²) in [6, 6.07) is 5.24. The molecule has 0 saturated carbocycles. The van der Waals surface area contributed by atoms with Crippen LogP contribution in [0.15, 0.2) is 24.3 Å². The number of nitrogens with one attached hydrogen (secondary N) is 4. The average Bonchev–Trinajstić information content (AvgIpc) is 2.70. The highest BCUT2D eigenvalue weighted by molar-refractivity contribution is 5.95. The van der Waals surface area contributed by atoms with Crippen LogP contribution in [0, 0.1) is 0 Å². The molecule has 2 atom stereocenters. The summed E-state index contributed by atoms with van der Waals surface area (Å²) in [4.78, 5) is 49.7. The van der Waals surface area contributed by atoms with Gasteiger partial charge in [-0.3, -0.25) is 14.4 Å². The summed E-state index contributed by atoms with van der Waals surface area (Å²) in [6.45, 7) is 3.26. The molecular formula is C19H25N5O4. The quantitative estimate of drug-likeness (QED) is 0.546. The summed E-state index contributed by atoms with van der Waals surface area (Å²) in [5.74, 6) is -0.495. The number of rotatable bonds is 4. The molecular weight excluding hydrogens is 362 g/mol. The molecule has 0 spiro atoms. The fourth-order valence-corrected chi connectivity index (χ4v) is 3.28. The normalized spacial score (nSPS) is 22.2. The van der Waals surface area contributed by atoms with Crippen LogP contribution in [0.25, 0.3) is 0 Å². The fraction of sp³-hybridized carbons (Fsp3) is 0.474. The molecule has 1 aromatic rings. The van der Waals surface area contributed by atoms with Crippen LogP contribution in [0.3, 0.4) is 0 Å². The van der Waals surface area contributed by atoms with Crippen molar-refractivity contribution in [3.8, 4) is 0 Å². The number of nitrogens with zero attached hydrogens (tertiary/aromatic N) is 1. The highest BCUT2D eigenvalue weighted by Gasteiger charge is 2.31. The topological polar surface area (TPSA) is 120 Å². The minimum Gasteiger partial charge on any atom is -0.354 e. The van der Waals surface area contributed by atoms with Crippen LogP contribution in [0.2, 0.25) is 0 Å². The van der Waals surface area contributed by atoms with Gasteiger partial charge in [-0.2, -0.15) is 0 Å². The lowest BCUT2D eigenvalue weighted by atomic mass is 10.1. The first-order valence-electron chi connectivity index (χ1n) is 9.42. The third-order valence-corrected chi connectivity index (χ3v) is 4.92. The van der Waals surface area contributed by atoms with Gasteiger partial charge in [0.25, 0.3) is 0 Å². The Labute approximate surface area is 163 Å². The van der Waals surface area contributed by atoms with E-state index in [0.717, 1.165) is 6.42 Å². The minimum absolute atomic E-state index is 0.0412. The van der Waals surface area contributed by atoms with Crippen molar-refractivity contribution in [2.24, 2.45) is 0 Å². The van der Waals surface area contributed by atoms with Crippen LogP contribution in [0.5, 0.6) is 0 Å². The zero-order valence-electron chi connectivity index (χ0n) is 15.8. The molecule has 0 bridgehead atoms. The number of ketones is 1. The van der Waals surface area contributed by atoms with E-state index in [-0.39, 0.29) is 30.2 Å². The first-order valence-corrected chi connectivity index (χ1v) is 9.42. The largest absolute Gasteiger partial charge is 0.354 e. The summed E-state index contributed by atoms with van der Waals surface area (Å²) < 4.78 is 0. The molecule has 2 heterocycles. The number of carbonyl (C=O) groups excluding carboxylic acids is 4. The van der Waals surface area contributed by atoms with Gasteiger partial charge in [-0.05, 0) is 44.0 Å². The highest BCUT2D eigenvalue weighted by atomic mass is 16.2. The predicted molar refractivity (Wildman–Crippen MR) is 103 cm³/mol. The molecule has 3 rings (SSSR count). The molecule has 9 heteroatoms. The maximum absolute atomic E-state index is 12.5. The van der Waals surface area contributed by atoms with Crippen molar-refractivity contribution in [3.63, 3.8) is 0 Å². The van der Waals surface area contributed by atoms with E-state index in [1.807, 2.05) is 0 Å². The van der Waals surface area contributed by atoms with Gasteiger partial charge in [0.15, 0.2) is 5.78 Å². The fourth-order valence-electron chi connectivity index (χ4n) is 3.28. The lowest BCUT2D eigenvalue weighted by Gasteiger charge is -2.34. The number of hydrogen-bond acceptors (Lipinski definition) is 5. The zero-order chi connectivity index (χ0) is 20.1. The Kier molecular flexibility index (Phi) is 6.25. The van der Waals surface area contributed by atoms with Crippen LogP contribution < -0.4 is 21.3 Å². The van der Waals surface area contributed by atoms with E-state index in [2.05, 4.69) is 21.3 Å². The number of amides is 4. The zero-order valence-corrected chi connectivity index (χ0v) is 15.8. The Morgan fingerprint density at radius 1 is 1.14 bits per heavy atom. The molecule has 4 amide bonds. The molecule has 9 nitrogen and oxygen atoms in total. The minimum atomic E-state index is -0.575. The molecule has 4 N–H and O–H groups in total. The average molecular weight is 387 g/mol. The molecule has 2 fully saturated rings. The second-order valence-corrected chi connectivity index (χ2v) is 7.01. The summed E-state index contributed by atoms with van der Waals surface area (Å²) in [7, 11) is 0. The Balaban J connectivity index is 1.54. The Hall–Kier alpha value is -2.94. The first-order chi connectivity index (χ1) is 13.4. The maximum atomic E-state index is 12.5. The van der Waals surface area contributed by atoms with Crippen molar-refractivity contribution in [1.29, 1.82) is 0 Å². The van der Waals surface area contributed by atoms with E-state index in [1.165, 1.54) is 6.92 Å². The second-order valence-electron chi connectivity index (χ2n) is 7.01. The van der Waals surface area contributed by atoms with Crippen LogP contribution in [0.4, 0.5) is 10.5 Å². The van der Waals surface area contributed by atoms with Crippen molar-refractivity contribution < 1.29 is 19.2 Å². The van der Waals surface area contributed by atoms with Gasteiger partial charge < -0.3 is 26.2 Å². The lowest BCUT2D eigenvalue weighted by Crippen LogP contribution is -2.61. The summed E-state index contributed by atoms with van der Waals surface area (Å²) in [5.41, 5.74) is 1.15. The van der Waals surface area contributed by atoms with Gasteiger partial charge in [0.1, 0.15) is 12.1 Å². The monoisotopic (exact) mass is 387 g/mol. The van der Waals surface area contributed by atoms with Crippen molar-refractivity contribution >= 4 is 29.3 Å². The molecule has 28 heavy (non-hydrogen) atoms. The van der Waals surface area contributed by atoms with Crippen LogP contribution in [-0.2, 0) is 9.59 Å². The molecule has 1 aromatic carbocycles. The van der Waals surface area contributed by atoms with E-state index >= 15 is 0 Å². The number of Topliss-reactive ketones (excluding diaryl/α,β-unsaturated/α-hetero) is 1. The number of hydrogen-bond donors (Lipinski definition) is 4. The van der Waals surface area contributed by atoms with Crippen molar-refractivity contribution in [1.82, 2.24) is 20.9 Å². The van der Waals surface area contributed by atoms with Crippen LogP contribution in [0.1, 0.15) is 30.1 Å². The van der Waals surface area contributed by atoms with Gasteiger partial charge in [-0.1, -0.05) is 0 Å². The van der Waals surface area contributed by atoms with E-state index in [4.69, 9.17) is 0 Å². The van der Waals surface area contributed by atoms with Crippen molar-refractivity contribution in [2.45, 2.75) is 31.8 Å². The second kappa shape index (κ2) is 8.83. The maximum Gasteiger partial charge on any atom is 0.321 e. The lowest BCUT2D eigenvalue weighted by molar-refractivity contribution is -0.131. The van der Waals surface area contributed by atoms with E-state index in [9.17, 15) is 19.2 Å². The number of piperazine rings is 1. The van der Waals surface area contributed by atoms with E-state index in [1.54, 1.807) is 29.2 Å². The van der Waals surface area contributed by atoms with Crippen molar-refractivity contribution in [3.05, 3.63) is 29.8 Å². The molecule has 150 valence electrons. The Morgan fingerprint density at radius 2 is 1.89 bits per heavy atom. The molecule has 0 unspecified atom stereocenters. The van der Waals surface area contributed by atoms with E-state index in [0.29, 0.717) is 37.3 Å². The van der Waals surface area contributed by atoms with Gasteiger partial charge in [0.2, 0.25) is 11.8 Å². The molecule has 0 aromatic heterocycles. The summed E-state index contributed by atoms with van der Waals surface area (Å²) in [5, 5.41) is 11.4. The molecule has 2 aliphatic heterocycles. The molecule has 0 radical (unpaired) electrons. The standard InChI is InChI=1S/C19H25N5O4/c1-12(25)13-4-6-14(7-5-13)22-19(28)24-10-9-20-16(11-24)18(27)23-15-3-2-8-21-17(15)26/h4-7,15-16,20H,2-3,8-11H2,1H3,(H,21,26)(H,22,28)(H,23,27)/t15-,16+/m0/s1. The third kappa shape index (κ3) is 4.86.